The summed E-state index contributed by atoms with van der Waals surface area (Å²) in [5.74, 6) is 0.0533. The molecule has 0 radical (unpaired) electrons. The fraction of sp³-hybridized carbons (Fsp3) is 0.294. The molecular formula is C17H17ClN2O5. The number of halogens is 1. The van der Waals surface area contributed by atoms with E-state index in [0.717, 1.165) is 0 Å². The van der Waals surface area contributed by atoms with E-state index in [0.29, 0.717) is 27.9 Å². The minimum atomic E-state index is -0.621. The van der Waals surface area contributed by atoms with Crippen molar-refractivity contribution in [2.24, 2.45) is 5.92 Å². The number of hydrogen-bond acceptors (Lipinski definition) is 6. The zero-order valence-electron chi connectivity index (χ0n) is 13.7. The van der Waals surface area contributed by atoms with Crippen LogP contribution in [0.25, 0.3) is 11.6 Å². The van der Waals surface area contributed by atoms with E-state index in [2.05, 4.69) is 9.97 Å². The Bertz CT molecular complexity index is 836. The molecule has 0 bridgehead atoms. The van der Waals surface area contributed by atoms with Crippen molar-refractivity contribution in [3.63, 3.8) is 0 Å². The lowest BCUT2D eigenvalue weighted by atomic mass is 9.97. The van der Waals surface area contributed by atoms with Crippen molar-refractivity contribution in [3.05, 3.63) is 52.7 Å². The van der Waals surface area contributed by atoms with Gasteiger partial charge in [-0.25, -0.2) is 9.78 Å². The summed E-state index contributed by atoms with van der Waals surface area (Å²) in [7, 11) is 1.50. The maximum absolute atomic E-state index is 11.7. The standard InChI is InChI=1S/C17H17ClN2O5/c1-9-13(23-2)6-15(22)25-16(9)12-8-24-17(20-12)10(7-21)5-11-3-4-14(18)19-11/h3-6,8-9,16,19,21H,7H2,1-2H3/b10-5+/t9-,16-/m1/s1. The molecule has 0 spiro atoms. The van der Waals surface area contributed by atoms with Crippen LogP contribution in [0.5, 0.6) is 0 Å². The van der Waals surface area contributed by atoms with Gasteiger partial charge >= 0.3 is 5.97 Å². The number of rotatable bonds is 5. The second-order valence-corrected chi connectivity index (χ2v) is 5.97. The maximum Gasteiger partial charge on any atom is 0.334 e. The van der Waals surface area contributed by atoms with Gasteiger partial charge in [-0.3, -0.25) is 0 Å². The number of methoxy groups -OCH3 is 1. The summed E-state index contributed by atoms with van der Waals surface area (Å²) in [6.07, 6.45) is 3.78. The summed E-state index contributed by atoms with van der Waals surface area (Å²) in [5.41, 5.74) is 1.61. The van der Waals surface area contributed by atoms with Crippen LogP contribution >= 0.6 is 11.6 Å². The highest BCUT2D eigenvalue weighted by Gasteiger charge is 2.34. The summed E-state index contributed by atoms with van der Waals surface area (Å²) >= 11 is 5.84. The lowest BCUT2D eigenvalue weighted by Crippen LogP contribution is -2.25. The molecular weight excluding hydrogens is 348 g/mol. The molecule has 0 unspecified atom stereocenters. The number of carbonyl (C=O) groups is 1. The van der Waals surface area contributed by atoms with Gasteiger partial charge in [0.2, 0.25) is 5.89 Å². The molecule has 2 aromatic rings. The van der Waals surface area contributed by atoms with Gasteiger partial charge in [-0.2, -0.15) is 0 Å². The number of hydrogen-bond donors (Lipinski definition) is 2. The van der Waals surface area contributed by atoms with Crippen molar-refractivity contribution < 1.29 is 23.8 Å². The number of aliphatic hydroxyl groups is 1. The molecule has 7 nitrogen and oxygen atoms in total. The number of cyclic esters (lactones) is 1. The topological polar surface area (TPSA) is 97.6 Å². The van der Waals surface area contributed by atoms with Crippen LogP contribution < -0.4 is 0 Å². The summed E-state index contributed by atoms with van der Waals surface area (Å²) in [6.45, 7) is 1.59. The second-order valence-electron chi connectivity index (χ2n) is 5.56. The molecule has 132 valence electrons. The van der Waals surface area contributed by atoms with E-state index < -0.39 is 12.1 Å². The van der Waals surface area contributed by atoms with Crippen molar-refractivity contribution in [3.8, 4) is 0 Å². The van der Waals surface area contributed by atoms with Crippen molar-refractivity contribution in [2.75, 3.05) is 13.7 Å². The number of nitrogens with zero attached hydrogens (tertiary/aromatic N) is 1. The smallest absolute Gasteiger partial charge is 0.334 e. The van der Waals surface area contributed by atoms with Crippen molar-refractivity contribution in [1.82, 2.24) is 9.97 Å². The van der Waals surface area contributed by atoms with Gasteiger partial charge in [0.1, 0.15) is 22.9 Å². The number of ether oxygens (including phenoxy) is 2. The highest BCUT2D eigenvalue weighted by molar-refractivity contribution is 6.29. The number of aromatic nitrogens is 2. The molecule has 1 aliphatic rings. The molecule has 25 heavy (non-hydrogen) atoms. The van der Waals surface area contributed by atoms with Crippen LogP contribution in [-0.4, -0.2) is 34.8 Å². The number of nitrogens with one attached hydrogen (secondary N) is 1. The average Bonchev–Trinajstić information content (AvgIpc) is 3.23. The van der Waals surface area contributed by atoms with Crippen LogP contribution in [0.3, 0.4) is 0 Å². The first kappa shape index (κ1) is 17.3. The molecule has 0 fully saturated rings. The largest absolute Gasteiger partial charge is 0.500 e. The third-order valence-electron chi connectivity index (χ3n) is 3.90. The molecule has 8 heteroatoms. The molecule has 0 amide bonds. The van der Waals surface area contributed by atoms with E-state index in [-0.39, 0.29) is 18.4 Å². The molecule has 0 saturated carbocycles. The molecule has 0 aliphatic carbocycles. The van der Waals surface area contributed by atoms with Crippen LogP contribution in [0.15, 0.2) is 34.6 Å². The average molecular weight is 365 g/mol. The minimum absolute atomic E-state index is 0.204. The third kappa shape index (κ3) is 3.62. The lowest BCUT2D eigenvalue weighted by Gasteiger charge is -2.27. The Morgan fingerprint density at radius 2 is 2.32 bits per heavy atom. The Hall–Kier alpha value is -2.51. The quantitative estimate of drug-likeness (QED) is 0.791. The summed E-state index contributed by atoms with van der Waals surface area (Å²) in [6, 6.07) is 3.47. The first-order valence-electron chi connectivity index (χ1n) is 7.59. The lowest BCUT2D eigenvalue weighted by molar-refractivity contribution is -0.149. The Morgan fingerprint density at radius 3 is 2.96 bits per heavy atom. The van der Waals surface area contributed by atoms with Crippen LogP contribution in [-0.2, 0) is 14.3 Å². The highest BCUT2D eigenvalue weighted by atomic mass is 35.5. The van der Waals surface area contributed by atoms with Gasteiger partial charge in [-0.05, 0) is 18.2 Å². The predicted octanol–water partition coefficient (Wildman–Crippen LogP) is 2.95. The van der Waals surface area contributed by atoms with Gasteiger partial charge in [-0.1, -0.05) is 18.5 Å². The number of aliphatic hydroxyl groups excluding tert-OH is 1. The van der Waals surface area contributed by atoms with E-state index in [1.54, 1.807) is 18.2 Å². The van der Waals surface area contributed by atoms with Gasteiger partial charge in [0.05, 0.1) is 25.7 Å². The Labute approximate surface area is 148 Å². The zero-order valence-corrected chi connectivity index (χ0v) is 14.4. The van der Waals surface area contributed by atoms with Crippen molar-refractivity contribution in [2.45, 2.75) is 13.0 Å². The van der Waals surface area contributed by atoms with E-state index in [4.69, 9.17) is 25.5 Å². The van der Waals surface area contributed by atoms with Crippen molar-refractivity contribution in [1.29, 1.82) is 0 Å². The predicted molar refractivity (Wildman–Crippen MR) is 90.4 cm³/mol. The summed E-state index contributed by atoms with van der Waals surface area (Å²) < 4.78 is 16.0. The monoisotopic (exact) mass is 364 g/mol. The maximum atomic E-state index is 11.7. The fourth-order valence-corrected chi connectivity index (χ4v) is 2.79. The van der Waals surface area contributed by atoms with Gasteiger partial charge in [-0.15, -0.1) is 0 Å². The molecule has 0 aromatic carbocycles. The van der Waals surface area contributed by atoms with Crippen LogP contribution in [0.1, 0.15) is 30.3 Å². The van der Waals surface area contributed by atoms with Gasteiger partial charge in [0.25, 0.3) is 0 Å². The number of esters is 1. The van der Waals surface area contributed by atoms with Crippen LogP contribution in [0, 0.1) is 5.92 Å². The molecule has 0 saturated heterocycles. The molecule has 2 atom stereocenters. The fourth-order valence-electron chi connectivity index (χ4n) is 2.61. The highest BCUT2D eigenvalue weighted by Crippen LogP contribution is 2.35. The molecule has 1 aliphatic heterocycles. The van der Waals surface area contributed by atoms with Crippen LogP contribution in [0.2, 0.25) is 5.15 Å². The summed E-state index contributed by atoms with van der Waals surface area (Å²) in [5, 5.41) is 10.1. The normalized spacial score (nSPS) is 21.0. The van der Waals surface area contributed by atoms with E-state index in [1.165, 1.54) is 19.4 Å². The second kappa shape index (κ2) is 7.16. The van der Waals surface area contributed by atoms with E-state index >= 15 is 0 Å². The molecule has 2 N–H and O–H groups in total. The first-order chi connectivity index (χ1) is 12.0. The Kier molecular flexibility index (Phi) is 4.96. The SMILES string of the molecule is COC1=CC(=O)O[C@@H](c2coc(/C(=C/c3ccc(Cl)[nH]3)CO)n2)[C@@H]1C. The van der Waals surface area contributed by atoms with Gasteiger partial charge in [0, 0.05) is 11.3 Å². The van der Waals surface area contributed by atoms with Gasteiger partial charge < -0.3 is 24.0 Å². The van der Waals surface area contributed by atoms with Gasteiger partial charge in [0.15, 0.2) is 6.10 Å². The molecule has 3 rings (SSSR count). The first-order valence-corrected chi connectivity index (χ1v) is 7.97. The molecule has 3 heterocycles. The van der Waals surface area contributed by atoms with E-state index in [9.17, 15) is 9.90 Å². The Morgan fingerprint density at radius 1 is 1.52 bits per heavy atom. The molecule has 2 aromatic heterocycles. The van der Waals surface area contributed by atoms with E-state index in [1.807, 2.05) is 6.92 Å². The number of H-pyrrole nitrogens is 1. The minimum Gasteiger partial charge on any atom is -0.500 e. The number of oxazole rings is 1. The zero-order chi connectivity index (χ0) is 18.0. The third-order valence-corrected chi connectivity index (χ3v) is 4.12. The summed E-state index contributed by atoms with van der Waals surface area (Å²) in [4.78, 5) is 19.0. The Balaban J connectivity index is 1.87. The van der Waals surface area contributed by atoms with Crippen LogP contribution in [0.4, 0.5) is 0 Å². The number of aromatic amines is 1. The number of carbonyl (C=O) groups excluding carboxylic acids is 1. The van der Waals surface area contributed by atoms with Crippen molar-refractivity contribution >= 4 is 29.2 Å².